The molecule has 5 saturated carbocycles. The average molecular weight is 389 g/mol. The average Bonchev–Trinajstić information content (AvgIpc) is 3.15. The van der Waals surface area contributed by atoms with E-state index >= 15 is 0 Å². The maximum Gasteiger partial charge on any atom is 0.0543 e. The van der Waals surface area contributed by atoms with Crippen LogP contribution in [0.1, 0.15) is 105 Å². The second kappa shape index (κ2) is 6.00. The van der Waals surface area contributed by atoms with Crippen LogP contribution in [0.4, 0.5) is 0 Å². The van der Waals surface area contributed by atoms with Gasteiger partial charge in [-0.1, -0.05) is 34.1 Å². The van der Waals surface area contributed by atoms with E-state index in [0.29, 0.717) is 33.7 Å². The van der Waals surface area contributed by atoms with Crippen molar-refractivity contribution in [1.82, 2.24) is 0 Å². The smallest absolute Gasteiger partial charge is 0.0543 e. The van der Waals surface area contributed by atoms with Gasteiger partial charge in [-0.25, -0.2) is 0 Å². The number of aliphatic hydroxyl groups excluding tert-OH is 2. The Morgan fingerprint density at radius 2 is 1.71 bits per heavy atom. The van der Waals surface area contributed by atoms with E-state index in [9.17, 15) is 10.2 Å². The lowest BCUT2D eigenvalue weighted by molar-refractivity contribution is -0.174. The molecule has 160 valence electrons. The summed E-state index contributed by atoms with van der Waals surface area (Å²) in [5.74, 6) is 2.37. The van der Waals surface area contributed by atoms with Crippen molar-refractivity contribution in [1.29, 1.82) is 0 Å². The zero-order chi connectivity index (χ0) is 20.0. The van der Waals surface area contributed by atoms with E-state index in [-0.39, 0.29) is 6.10 Å². The summed E-state index contributed by atoms with van der Waals surface area (Å²) >= 11 is 0. The van der Waals surface area contributed by atoms with Crippen molar-refractivity contribution >= 4 is 0 Å². The van der Waals surface area contributed by atoms with Crippen LogP contribution in [-0.2, 0) is 0 Å². The first-order valence-electron chi connectivity index (χ1n) is 12.5. The Morgan fingerprint density at radius 1 is 0.964 bits per heavy atom. The Morgan fingerprint density at radius 3 is 2.46 bits per heavy atom. The van der Waals surface area contributed by atoms with Crippen LogP contribution in [0, 0.1) is 44.8 Å². The Bertz CT molecular complexity index is 642. The number of aliphatic hydroxyl groups is 2. The summed E-state index contributed by atoms with van der Waals surface area (Å²) < 4.78 is 0. The molecule has 0 aromatic rings. The van der Waals surface area contributed by atoms with Gasteiger partial charge in [-0.15, -0.1) is 0 Å². The topological polar surface area (TPSA) is 40.5 Å². The van der Waals surface area contributed by atoms with Gasteiger partial charge in [0, 0.05) is 6.61 Å². The molecule has 2 unspecified atom stereocenters. The van der Waals surface area contributed by atoms with Crippen molar-refractivity contribution in [2.75, 3.05) is 6.61 Å². The molecule has 8 atom stereocenters. The first kappa shape index (κ1) is 19.9. The van der Waals surface area contributed by atoms with Gasteiger partial charge in [-0.05, 0) is 115 Å². The molecule has 0 aliphatic heterocycles. The third-order valence-corrected chi connectivity index (χ3v) is 11.9. The standard InChI is InChI=1S/C26H44O2/c1-18(7-5-14-27)24-10-6-9-23(24,4)21-16-22(2,3)20-15-19(28)8-11-25(20)17-26(21,25)13-12-24/h18-21,27-28H,5-17H2,1-4H3/t18-,19-,20?,21?,23+,24+,25-,26+/m1/s1. The fourth-order valence-corrected chi connectivity index (χ4v) is 10.7. The highest BCUT2D eigenvalue weighted by molar-refractivity contribution is 5.31. The highest BCUT2D eigenvalue weighted by Crippen LogP contribution is 2.89. The minimum absolute atomic E-state index is 0.0487. The predicted octanol–water partition coefficient (Wildman–Crippen LogP) is 5.95. The first-order valence-corrected chi connectivity index (χ1v) is 12.5. The molecule has 0 heterocycles. The summed E-state index contributed by atoms with van der Waals surface area (Å²) in [6, 6.07) is 0. The summed E-state index contributed by atoms with van der Waals surface area (Å²) in [6.45, 7) is 10.7. The van der Waals surface area contributed by atoms with Gasteiger partial charge in [0.25, 0.3) is 0 Å². The van der Waals surface area contributed by atoms with Crippen LogP contribution in [0.2, 0.25) is 0 Å². The molecule has 2 nitrogen and oxygen atoms in total. The lowest BCUT2D eigenvalue weighted by Gasteiger charge is -2.65. The molecular weight excluding hydrogens is 344 g/mol. The van der Waals surface area contributed by atoms with E-state index in [1.54, 1.807) is 0 Å². The molecule has 5 aliphatic carbocycles. The van der Waals surface area contributed by atoms with Crippen LogP contribution in [0.5, 0.6) is 0 Å². The van der Waals surface area contributed by atoms with Gasteiger partial charge < -0.3 is 10.2 Å². The number of fused-ring (bicyclic) bond motifs is 2. The van der Waals surface area contributed by atoms with Crippen molar-refractivity contribution in [2.24, 2.45) is 44.8 Å². The number of rotatable bonds is 4. The third kappa shape index (κ3) is 2.18. The maximum atomic E-state index is 10.5. The molecule has 5 aliphatic rings. The van der Waals surface area contributed by atoms with Crippen LogP contribution < -0.4 is 0 Å². The number of hydrogen-bond donors (Lipinski definition) is 2. The van der Waals surface area contributed by atoms with Crippen LogP contribution in [0.3, 0.4) is 0 Å². The van der Waals surface area contributed by atoms with Crippen molar-refractivity contribution in [3.8, 4) is 0 Å². The molecule has 5 fully saturated rings. The Kier molecular flexibility index (Phi) is 4.25. The molecule has 2 spiro atoms. The predicted molar refractivity (Wildman–Crippen MR) is 114 cm³/mol. The first-order chi connectivity index (χ1) is 13.2. The highest BCUT2D eigenvalue weighted by atomic mass is 16.3. The molecular formula is C26H44O2. The second-order valence-corrected chi connectivity index (χ2v) is 12.9. The monoisotopic (exact) mass is 388 g/mol. The van der Waals surface area contributed by atoms with Crippen molar-refractivity contribution in [2.45, 2.75) is 111 Å². The molecule has 0 amide bonds. The summed E-state index contributed by atoms with van der Waals surface area (Å²) in [6.07, 6.45) is 15.6. The summed E-state index contributed by atoms with van der Waals surface area (Å²) in [5, 5.41) is 19.9. The molecule has 2 heteroatoms. The van der Waals surface area contributed by atoms with E-state index in [4.69, 9.17) is 0 Å². The number of hydrogen-bond acceptors (Lipinski definition) is 2. The van der Waals surface area contributed by atoms with E-state index in [1.165, 1.54) is 57.8 Å². The van der Waals surface area contributed by atoms with Gasteiger partial charge in [0.2, 0.25) is 0 Å². The summed E-state index contributed by atoms with van der Waals surface area (Å²) in [4.78, 5) is 0. The molecule has 0 saturated heterocycles. The molecule has 0 aromatic heterocycles. The molecule has 0 aromatic carbocycles. The van der Waals surface area contributed by atoms with Gasteiger partial charge in [0.15, 0.2) is 0 Å². The molecule has 2 N–H and O–H groups in total. The fourth-order valence-electron chi connectivity index (χ4n) is 10.7. The van der Waals surface area contributed by atoms with Crippen LogP contribution in [0.15, 0.2) is 0 Å². The molecule has 28 heavy (non-hydrogen) atoms. The van der Waals surface area contributed by atoms with Gasteiger partial charge in [0.1, 0.15) is 0 Å². The Balaban J connectivity index is 1.53. The SMILES string of the molecule is C[C@H](CCCO)[C@@]12CCC[C@@]1(C)C1CC(C)(C)C3C[C@H](O)CC[C@@]34C[C@@]14CC2. The van der Waals surface area contributed by atoms with E-state index in [1.807, 2.05) is 0 Å². The van der Waals surface area contributed by atoms with Crippen LogP contribution in [-0.4, -0.2) is 22.9 Å². The highest BCUT2D eigenvalue weighted by Gasteiger charge is 2.82. The fraction of sp³-hybridized carbons (Fsp3) is 1.00. The zero-order valence-corrected chi connectivity index (χ0v) is 18.9. The second-order valence-electron chi connectivity index (χ2n) is 12.9. The lowest BCUT2D eigenvalue weighted by atomic mass is 9.39. The van der Waals surface area contributed by atoms with Gasteiger partial charge in [-0.2, -0.15) is 0 Å². The van der Waals surface area contributed by atoms with Gasteiger partial charge in [-0.3, -0.25) is 0 Å². The summed E-state index contributed by atoms with van der Waals surface area (Å²) in [7, 11) is 0. The normalized spacial score (nSPS) is 54.9. The quantitative estimate of drug-likeness (QED) is 0.625. The van der Waals surface area contributed by atoms with Crippen molar-refractivity contribution in [3.05, 3.63) is 0 Å². The Labute approximate surface area is 172 Å². The van der Waals surface area contributed by atoms with Gasteiger partial charge >= 0.3 is 0 Å². The van der Waals surface area contributed by atoms with E-state index < -0.39 is 0 Å². The van der Waals surface area contributed by atoms with Crippen molar-refractivity contribution in [3.63, 3.8) is 0 Å². The van der Waals surface area contributed by atoms with Crippen LogP contribution in [0.25, 0.3) is 0 Å². The molecule has 0 radical (unpaired) electrons. The minimum atomic E-state index is -0.0487. The zero-order valence-electron chi connectivity index (χ0n) is 18.9. The van der Waals surface area contributed by atoms with Crippen LogP contribution >= 0.6 is 0 Å². The largest absolute Gasteiger partial charge is 0.396 e. The van der Waals surface area contributed by atoms with E-state index in [0.717, 1.165) is 37.0 Å². The maximum absolute atomic E-state index is 10.5. The molecule has 0 bridgehead atoms. The van der Waals surface area contributed by atoms with Gasteiger partial charge in [0.05, 0.1) is 6.10 Å². The summed E-state index contributed by atoms with van der Waals surface area (Å²) in [5.41, 5.74) is 2.54. The van der Waals surface area contributed by atoms with Crippen molar-refractivity contribution < 1.29 is 10.2 Å². The Hall–Kier alpha value is -0.0800. The van der Waals surface area contributed by atoms with E-state index in [2.05, 4.69) is 27.7 Å². The lowest BCUT2D eigenvalue weighted by Crippen LogP contribution is -2.59. The minimum Gasteiger partial charge on any atom is -0.396 e. The third-order valence-electron chi connectivity index (χ3n) is 11.9. The molecule has 5 rings (SSSR count).